The van der Waals surface area contributed by atoms with Gasteiger partial charge in [0, 0.05) is 20.3 Å². The minimum Gasteiger partial charge on any atom is -0.388 e. The van der Waals surface area contributed by atoms with Gasteiger partial charge in [-0.2, -0.15) is 0 Å². The van der Waals surface area contributed by atoms with Crippen molar-refractivity contribution in [2.24, 2.45) is 0 Å². The summed E-state index contributed by atoms with van der Waals surface area (Å²) in [7, 11) is 7.40. The maximum absolute atomic E-state index is 4.25. The molecule has 0 N–H and O–H groups in total. The lowest BCUT2D eigenvalue weighted by Gasteiger charge is -2.12. The van der Waals surface area contributed by atoms with Crippen LogP contribution in [0.4, 0.5) is 0 Å². The first-order valence-electron chi connectivity index (χ1n) is 3.12. The Morgan fingerprint density at radius 1 is 1.11 bits per heavy atom. The van der Waals surface area contributed by atoms with E-state index in [1.807, 2.05) is 0 Å². The van der Waals surface area contributed by atoms with Gasteiger partial charge in [0.15, 0.2) is 0 Å². The Labute approximate surface area is 58.8 Å². The second-order valence-electron chi connectivity index (χ2n) is 2.47. The van der Waals surface area contributed by atoms with E-state index in [4.69, 9.17) is 0 Å². The van der Waals surface area contributed by atoms with Gasteiger partial charge in [0.05, 0.1) is 0 Å². The fourth-order valence-corrected chi connectivity index (χ4v) is 0. The smallest absolute Gasteiger partial charge is 0.0351 e. The normalized spacial score (nSPS) is 9.33. The number of nitrogens with zero attached hydrogens (tertiary/aromatic N) is 1. The molecule has 0 heterocycles. The second-order valence-corrected chi connectivity index (χ2v) is 2.47. The Balaban J connectivity index is 0. The van der Waals surface area contributed by atoms with E-state index in [9.17, 15) is 0 Å². The Morgan fingerprint density at radius 3 is 1.22 bits per heavy atom. The molecule has 0 atom stereocenters. The summed E-state index contributed by atoms with van der Waals surface area (Å²) in [5, 5.41) is 0. The van der Waals surface area contributed by atoms with E-state index in [1.165, 1.54) is 0 Å². The SMILES string of the molecule is CC(C)N(C)C.COC. The molecule has 58 valence electrons. The summed E-state index contributed by atoms with van der Waals surface area (Å²) in [6.45, 7) is 4.33. The number of ether oxygens (including phenoxy) is 1. The van der Waals surface area contributed by atoms with Gasteiger partial charge in [0.2, 0.25) is 0 Å². The highest BCUT2D eigenvalue weighted by Crippen LogP contribution is 1.84. The molecule has 2 heteroatoms. The summed E-state index contributed by atoms with van der Waals surface area (Å²) in [6.07, 6.45) is 0. The minimum atomic E-state index is 0.685. The zero-order valence-corrected chi connectivity index (χ0v) is 7.43. The number of methoxy groups -OCH3 is 1. The van der Waals surface area contributed by atoms with Crippen LogP contribution in [0.5, 0.6) is 0 Å². The molecule has 0 aromatic carbocycles. The molecule has 0 aliphatic heterocycles. The highest BCUT2D eigenvalue weighted by Gasteiger charge is 1.90. The topological polar surface area (TPSA) is 12.5 Å². The van der Waals surface area contributed by atoms with Gasteiger partial charge in [0.1, 0.15) is 0 Å². The third-order valence-corrected chi connectivity index (χ3v) is 1.03. The lowest BCUT2D eigenvalue weighted by molar-refractivity contribution is 0.277. The average molecular weight is 133 g/mol. The summed E-state index contributed by atoms with van der Waals surface area (Å²) in [5.41, 5.74) is 0. The molecule has 0 radical (unpaired) electrons. The second kappa shape index (κ2) is 7.92. The number of rotatable bonds is 1. The Kier molecular flexibility index (Phi) is 10.3. The number of hydrogen-bond acceptors (Lipinski definition) is 2. The molecule has 0 saturated carbocycles. The van der Waals surface area contributed by atoms with E-state index in [-0.39, 0.29) is 0 Å². The van der Waals surface area contributed by atoms with Crippen LogP contribution in [0.25, 0.3) is 0 Å². The van der Waals surface area contributed by atoms with E-state index in [2.05, 4.69) is 37.6 Å². The Bertz CT molecular complexity index is 38.2. The lowest BCUT2D eigenvalue weighted by Crippen LogP contribution is -2.20. The summed E-state index contributed by atoms with van der Waals surface area (Å²) < 4.78 is 4.25. The monoisotopic (exact) mass is 133 g/mol. The first-order chi connectivity index (χ1) is 4.06. The fourth-order valence-electron chi connectivity index (χ4n) is 0. The molecule has 0 saturated heterocycles. The molecule has 0 aromatic rings. The third-order valence-electron chi connectivity index (χ3n) is 1.03. The van der Waals surface area contributed by atoms with Crippen LogP contribution >= 0.6 is 0 Å². The van der Waals surface area contributed by atoms with Crippen molar-refractivity contribution in [1.82, 2.24) is 4.90 Å². The number of hydrogen-bond donors (Lipinski definition) is 0. The molecule has 0 aliphatic carbocycles. The van der Waals surface area contributed by atoms with Crippen molar-refractivity contribution >= 4 is 0 Å². The first-order valence-corrected chi connectivity index (χ1v) is 3.12. The largest absolute Gasteiger partial charge is 0.388 e. The quantitative estimate of drug-likeness (QED) is 0.533. The molecule has 0 aliphatic rings. The van der Waals surface area contributed by atoms with Gasteiger partial charge in [-0.05, 0) is 27.9 Å². The lowest BCUT2D eigenvalue weighted by atomic mass is 10.4. The maximum atomic E-state index is 4.25. The highest BCUT2D eigenvalue weighted by molar-refractivity contribution is 4.46. The van der Waals surface area contributed by atoms with Gasteiger partial charge >= 0.3 is 0 Å². The predicted molar refractivity (Wildman–Crippen MR) is 41.8 cm³/mol. The summed E-state index contributed by atoms with van der Waals surface area (Å²) >= 11 is 0. The molecule has 2 nitrogen and oxygen atoms in total. The minimum absolute atomic E-state index is 0.685. The van der Waals surface area contributed by atoms with E-state index in [1.54, 1.807) is 14.2 Å². The summed E-state index contributed by atoms with van der Waals surface area (Å²) in [6, 6.07) is 0.685. The van der Waals surface area contributed by atoms with Gasteiger partial charge in [-0.1, -0.05) is 0 Å². The molecule has 0 bridgehead atoms. The van der Waals surface area contributed by atoms with Crippen molar-refractivity contribution < 1.29 is 4.74 Å². The Morgan fingerprint density at radius 2 is 1.22 bits per heavy atom. The molecular weight excluding hydrogens is 114 g/mol. The van der Waals surface area contributed by atoms with Gasteiger partial charge in [-0.3, -0.25) is 0 Å². The van der Waals surface area contributed by atoms with Crippen molar-refractivity contribution in [3.63, 3.8) is 0 Å². The zero-order valence-electron chi connectivity index (χ0n) is 7.43. The van der Waals surface area contributed by atoms with Crippen molar-refractivity contribution in [2.45, 2.75) is 19.9 Å². The van der Waals surface area contributed by atoms with Crippen LogP contribution in [0, 0.1) is 0 Å². The van der Waals surface area contributed by atoms with Crippen molar-refractivity contribution in [1.29, 1.82) is 0 Å². The first kappa shape index (κ1) is 11.7. The van der Waals surface area contributed by atoms with Crippen molar-refractivity contribution in [3.8, 4) is 0 Å². The fraction of sp³-hybridized carbons (Fsp3) is 1.00. The van der Waals surface area contributed by atoms with Crippen molar-refractivity contribution in [3.05, 3.63) is 0 Å². The summed E-state index contributed by atoms with van der Waals surface area (Å²) in [5.74, 6) is 0. The molecule has 0 unspecified atom stereocenters. The molecular formula is C7H19NO. The van der Waals surface area contributed by atoms with Gasteiger partial charge in [-0.15, -0.1) is 0 Å². The van der Waals surface area contributed by atoms with Crippen molar-refractivity contribution in [2.75, 3.05) is 28.3 Å². The summed E-state index contributed by atoms with van der Waals surface area (Å²) in [4.78, 5) is 2.17. The van der Waals surface area contributed by atoms with Gasteiger partial charge in [-0.25, -0.2) is 0 Å². The van der Waals surface area contributed by atoms with E-state index in [0.717, 1.165) is 0 Å². The van der Waals surface area contributed by atoms with Crippen LogP contribution < -0.4 is 0 Å². The molecule has 0 amide bonds. The van der Waals surface area contributed by atoms with E-state index >= 15 is 0 Å². The van der Waals surface area contributed by atoms with Crippen LogP contribution in [0.2, 0.25) is 0 Å². The Hall–Kier alpha value is -0.0800. The van der Waals surface area contributed by atoms with E-state index in [0.29, 0.717) is 6.04 Å². The highest BCUT2D eigenvalue weighted by atomic mass is 16.4. The standard InChI is InChI=1S/C5H13N.C2H6O/c1-5(2)6(3)4;1-3-2/h5H,1-4H3;1-2H3. The van der Waals surface area contributed by atoms with Crippen LogP contribution in [-0.2, 0) is 4.74 Å². The molecule has 0 spiro atoms. The van der Waals surface area contributed by atoms with Gasteiger partial charge in [0.25, 0.3) is 0 Å². The zero-order chi connectivity index (χ0) is 7.86. The third kappa shape index (κ3) is 18.1. The van der Waals surface area contributed by atoms with Crippen LogP contribution in [0.3, 0.4) is 0 Å². The van der Waals surface area contributed by atoms with Crippen LogP contribution in [0.1, 0.15) is 13.8 Å². The maximum Gasteiger partial charge on any atom is 0.0351 e. The van der Waals surface area contributed by atoms with Crippen LogP contribution in [0.15, 0.2) is 0 Å². The average Bonchev–Trinajstić information content (AvgIpc) is 1.68. The van der Waals surface area contributed by atoms with E-state index < -0.39 is 0 Å². The molecule has 9 heavy (non-hydrogen) atoms. The molecule has 0 aromatic heterocycles. The van der Waals surface area contributed by atoms with Gasteiger partial charge < -0.3 is 9.64 Å². The van der Waals surface area contributed by atoms with Crippen LogP contribution in [-0.4, -0.2) is 39.3 Å². The predicted octanol–water partition coefficient (Wildman–Crippen LogP) is 1.22. The molecule has 0 rings (SSSR count). The molecule has 0 fully saturated rings.